The van der Waals surface area contributed by atoms with Crippen molar-refractivity contribution >= 4 is 5.91 Å². The molecule has 4 N–H and O–H groups in total. The van der Waals surface area contributed by atoms with E-state index in [-0.39, 0.29) is 6.61 Å². The number of amides is 1. The first-order valence-corrected chi connectivity index (χ1v) is 23.0. The Morgan fingerprint density at radius 2 is 0.745 bits per heavy atom. The Morgan fingerprint density at radius 1 is 0.451 bits per heavy atom. The zero-order valence-corrected chi connectivity index (χ0v) is 34.5. The van der Waals surface area contributed by atoms with Crippen molar-refractivity contribution in [2.24, 2.45) is 0 Å². The lowest BCUT2D eigenvalue weighted by Crippen LogP contribution is -2.49. The number of hydrogen-bond acceptors (Lipinski definition) is 4. The van der Waals surface area contributed by atoms with E-state index >= 15 is 0 Å². The van der Waals surface area contributed by atoms with E-state index in [4.69, 9.17) is 0 Å². The Morgan fingerprint density at radius 3 is 1.10 bits per heavy atom. The van der Waals surface area contributed by atoms with Crippen LogP contribution in [0.15, 0.2) is 12.2 Å². The van der Waals surface area contributed by atoms with Gasteiger partial charge in [0.2, 0.25) is 5.91 Å². The summed E-state index contributed by atoms with van der Waals surface area (Å²) in [7, 11) is 0. The molecule has 0 aromatic heterocycles. The summed E-state index contributed by atoms with van der Waals surface area (Å²) in [4.78, 5) is 12.5. The third-order valence-corrected chi connectivity index (χ3v) is 10.9. The third-order valence-electron chi connectivity index (χ3n) is 10.9. The van der Waals surface area contributed by atoms with Gasteiger partial charge in [-0.1, -0.05) is 225 Å². The highest BCUT2D eigenvalue weighted by Gasteiger charge is 2.23. The van der Waals surface area contributed by atoms with E-state index in [1.165, 1.54) is 193 Å². The van der Waals surface area contributed by atoms with Crippen LogP contribution >= 0.6 is 0 Å². The van der Waals surface area contributed by atoms with Crippen LogP contribution in [0.5, 0.6) is 0 Å². The minimum atomic E-state index is -1.08. The second kappa shape index (κ2) is 41.8. The summed E-state index contributed by atoms with van der Waals surface area (Å²) in [6, 6.07) is -0.711. The van der Waals surface area contributed by atoms with Crippen molar-refractivity contribution in [2.75, 3.05) is 6.61 Å². The number of aliphatic hydroxyl groups excluding tert-OH is 3. The van der Waals surface area contributed by atoms with Crippen molar-refractivity contribution in [1.29, 1.82) is 0 Å². The molecule has 1 amide bonds. The molecular formula is C46H91NO4. The lowest BCUT2D eigenvalue weighted by Gasteiger charge is -2.23. The molecule has 5 nitrogen and oxygen atoms in total. The molecule has 0 bridgehead atoms. The van der Waals surface area contributed by atoms with Crippen molar-refractivity contribution in [3.63, 3.8) is 0 Å². The standard InChI is InChI=1S/C46H91NO4/c1-3-5-7-9-11-13-15-17-19-20-21-22-23-24-25-26-27-29-30-32-34-36-38-40-44(49)43(42-48)47-46(51)45(50)41-39-37-35-33-31-28-18-16-14-12-10-8-6-4-2/h14,16,43-45,48-50H,3-13,15,17-42H2,1-2H3,(H,47,51)/b16-14-. The van der Waals surface area contributed by atoms with Crippen LogP contribution in [-0.2, 0) is 4.79 Å². The maximum atomic E-state index is 12.5. The van der Waals surface area contributed by atoms with Gasteiger partial charge in [0.05, 0.1) is 18.8 Å². The summed E-state index contributed by atoms with van der Waals surface area (Å²) in [5.74, 6) is -0.473. The fourth-order valence-corrected chi connectivity index (χ4v) is 7.25. The average Bonchev–Trinajstić information content (AvgIpc) is 3.13. The fourth-order valence-electron chi connectivity index (χ4n) is 7.25. The number of carbonyl (C=O) groups excluding carboxylic acids is 1. The van der Waals surface area contributed by atoms with E-state index in [0.717, 1.165) is 32.1 Å². The highest BCUT2D eigenvalue weighted by Crippen LogP contribution is 2.17. The van der Waals surface area contributed by atoms with E-state index in [2.05, 4.69) is 31.3 Å². The van der Waals surface area contributed by atoms with Gasteiger partial charge in [-0.3, -0.25) is 4.79 Å². The zero-order valence-electron chi connectivity index (χ0n) is 34.5. The first-order valence-electron chi connectivity index (χ1n) is 23.0. The van der Waals surface area contributed by atoms with Crippen molar-refractivity contribution in [2.45, 2.75) is 270 Å². The smallest absolute Gasteiger partial charge is 0.249 e. The Hall–Kier alpha value is -0.910. The fraction of sp³-hybridized carbons (Fsp3) is 0.935. The van der Waals surface area contributed by atoms with Gasteiger partial charge in [0.25, 0.3) is 0 Å². The number of unbranched alkanes of at least 4 members (excludes halogenated alkanes) is 32. The topological polar surface area (TPSA) is 89.8 Å². The monoisotopic (exact) mass is 722 g/mol. The molecule has 3 unspecified atom stereocenters. The molecule has 3 atom stereocenters. The molecule has 0 aliphatic rings. The highest BCUT2D eigenvalue weighted by atomic mass is 16.3. The Bertz CT molecular complexity index is 713. The molecule has 5 heteroatoms. The lowest BCUT2D eigenvalue weighted by molar-refractivity contribution is -0.131. The Balaban J connectivity index is 3.56. The molecule has 304 valence electrons. The van der Waals surface area contributed by atoms with Crippen LogP contribution in [0.25, 0.3) is 0 Å². The minimum absolute atomic E-state index is 0.312. The van der Waals surface area contributed by atoms with Crippen LogP contribution in [0.2, 0.25) is 0 Å². The number of aliphatic hydroxyl groups is 3. The molecule has 0 saturated heterocycles. The average molecular weight is 722 g/mol. The zero-order chi connectivity index (χ0) is 37.3. The maximum Gasteiger partial charge on any atom is 0.249 e. The molecule has 0 aliphatic heterocycles. The number of allylic oxidation sites excluding steroid dienone is 2. The maximum absolute atomic E-state index is 12.5. The van der Waals surface area contributed by atoms with Crippen LogP contribution in [-0.4, -0.2) is 46.1 Å². The van der Waals surface area contributed by atoms with Crippen LogP contribution < -0.4 is 5.32 Å². The molecule has 0 radical (unpaired) electrons. The SMILES string of the molecule is CCCCCC/C=C\CCCCCCCCC(O)C(=O)NC(CO)C(O)CCCCCCCCCCCCCCCCCCCCCCCCC. The number of rotatable bonds is 42. The first-order chi connectivity index (χ1) is 25.1. The summed E-state index contributed by atoms with van der Waals surface area (Å²) < 4.78 is 0. The lowest BCUT2D eigenvalue weighted by atomic mass is 10.0. The van der Waals surface area contributed by atoms with Gasteiger partial charge in [0.1, 0.15) is 6.10 Å². The van der Waals surface area contributed by atoms with Gasteiger partial charge in [0.15, 0.2) is 0 Å². The van der Waals surface area contributed by atoms with Crippen molar-refractivity contribution in [1.82, 2.24) is 5.32 Å². The van der Waals surface area contributed by atoms with Crippen LogP contribution in [0.1, 0.15) is 251 Å². The quantitative estimate of drug-likeness (QED) is 0.0373. The Labute approximate surface area is 319 Å². The molecule has 0 spiro atoms. The van der Waals surface area contributed by atoms with Gasteiger partial charge in [-0.05, 0) is 38.5 Å². The van der Waals surface area contributed by atoms with Gasteiger partial charge in [0, 0.05) is 0 Å². The second-order valence-electron chi connectivity index (χ2n) is 16.0. The molecule has 0 aliphatic carbocycles. The van der Waals surface area contributed by atoms with Crippen LogP contribution in [0.3, 0.4) is 0 Å². The summed E-state index contributed by atoms with van der Waals surface area (Å²) in [6.07, 6.45) is 49.3. The van der Waals surface area contributed by atoms with Crippen LogP contribution in [0, 0.1) is 0 Å². The van der Waals surface area contributed by atoms with Crippen molar-refractivity contribution in [3.8, 4) is 0 Å². The van der Waals surface area contributed by atoms with Gasteiger partial charge < -0.3 is 20.6 Å². The van der Waals surface area contributed by atoms with Crippen molar-refractivity contribution < 1.29 is 20.1 Å². The predicted molar refractivity (Wildman–Crippen MR) is 222 cm³/mol. The molecule has 0 saturated carbocycles. The van der Waals surface area contributed by atoms with Gasteiger partial charge in [-0.2, -0.15) is 0 Å². The number of hydrogen-bond donors (Lipinski definition) is 4. The summed E-state index contributed by atoms with van der Waals surface area (Å²) in [5.41, 5.74) is 0. The molecule has 0 fully saturated rings. The van der Waals surface area contributed by atoms with Crippen molar-refractivity contribution in [3.05, 3.63) is 12.2 Å². The van der Waals surface area contributed by atoms with Gasteiger partial charge in [-0.25, -0.2) is 0 Å². The van der Waals surface area contributed by atoms with E-state index < -0.39 is 24.2 Å². The Kier molecular flexibility index (Phi) is 41.1. The highest BCUT2D eigenvalue weighted by molar-refractivity contribution is 5.80. The molecule has 0 rings (SSSR count). The number of carbonyl (C=O) groups is 1. The number of nitrogens with one attached hydrogen (secondary N) is 1. The summed E-state index contributed by atoms with van der Waals surface area (Å²) in [6.45, 7) is 4.23. The predicted octanol–water partition coefficient (Wildman–Crippen LogP) is 13.2. The largest absolute Gasteiger partial charge is 0.394 e. The third kappa shape index (κ3) is 37.2. The van der Waals surface area contributed by atoms with E-state index in [9.17, 15) is 20.1 Å². The molecular weight excluding hydrogens is 631 g/mol. The minimum Gasteiger partial charge on any atom is -0.394 e. The molecule has 0 heterocycles. The second-order valence-corrected chi connectivity index (χ2v) is 16.0. The molecule has 0 aromatic rings. The van der Waals surface area contributed by atoms with E-state index in [1.54, 1.807) is 0 Å². The van der Waals surface area contributed by atoms with E-state index in [0.29, 0.717) is 12.8 Å². The first kappa shape index (κ1) is 50.1. The summed E-state index contributed by atoms with van der Waals surface area (Å²) >= 11 is 0. The summed E-state index contributed by atoms with van der Waals surface area (Å²) in [5, 5.41) is 33.3. The van der Waals surface area contributed by atoms with Gasteiger partial charge in [-0.15, -0.1) is 0 Å². The van der Waals surface area contributed by atoms with Crippen LogP contribution in [0.4, 0.5) is 0 Å². The normalized spacial score (nSPS) is 13.6. The molecule has 0 aromatic carbocycles. The molecule has 51 heavy (non-hydrogen) atoms. The van der Waals surface area contributed by atoms with E-state index in [1.807, 2.05) is 0 Å². The van der Waals surface area contributed by atoms with Gasteiger partial charge >= 0.3 is 0 Å².